The van der Waals surface area contributed by atoms with Crippen molar-refractivity contribution < 1.29 is 19.1 Å². The molecule has 7 nitrogen and oxygen atoms in total. The standard InChI is InChI=1S/C23H22ClN3O4S/c24-22-7-6-21(32-22)18-8-9-27(25-18)13-23(29)26-10-11-30-15(12-26)14-31-20-3-1-2-16-17(20)4-5-19(16)28/h1-3,6-9,15H,4-5,10-14H2. The minimum atomic E-state index is -0.220. The van der Waals surface area contributed by atoms with Gasteiger partial charge in [-0.15, -0.1) is 11.3 Å². The highest BCUT2D eigenvalue weighted by atomic mass is 35.5. The first-order valence-corrected chi connectivity index (χ1v) is 11.7. The van der Waals surface area contributed by atoms with Gasteiger partial charge in [-0.05, 0) is 30.7 Å². The molecular weight excluding hydrogens is 450 g/mol. The number of rotatable bonds is 6. The SMILES string of the molecule is O=C1CCc2c(OCC3CN(C(=O)Cn4ccc(-c5ccc(Cl)s5)n4)CCO3)cccc21. The third-order valence-corrected chi connectivity index (χ3v) is 6.97. The molecule has 1 aliphatic heterocycles. The van der Waals surface area contributed by atoms with Crippen LogP contribution in [0.15, 0.2) is 42.6 Å². The van der Waals surface area contributed by atoms with Crippen LogP contribution in [0.3, 0.4) is 0 Å². The van der Waals surface area contributed by atoms with E-state index in [9.17, 15) is 9.59 Å². The van der Waals surface area contributed by atoms with Crippen molar-refractivity contribution in [2.24, 2.45) is 0 Å². The number of hydrogen-bond donors (Lipinski definition) is 0. The van der Waals surface area contributed by atoms with Gasteiger partial charge in [0.05, 0.1) is 22.4 Å². The highest BCUT2D eigenvalue weighted by molar-refractivity contribution is 7.19. The smallest absolute Gasteiger partial charge is 0.244 e. The zero-order valence-corrected chi connectivity index (χ0v) is 18.9. The van der Waals surface area contributed by atoms with Crippen LogP contribution in [0.1, 0.15) is 22.3 Å². The second kappa shape index (κ2) is 9.05. The molecule has 0 N–H and O–H groups in total. The summed E-state index contributed by atoms with van der Waals surface area (Å²) in [6.07, 6.45) is 2.83. The summed E-state index contributed by atoms with van der Waals surface area (Å²) in [4.78, 5) is 27.5. The molecule has 1 unspecified atom stereocenters. The van der Waals surface area contributed by atoms with Crippen molar-refractivity contribution in [3.05, 3.63) is 58.1 Å². The van der Waals surface area contributed by atoms with Gasteiger partial charge in [0.1, 0.15) is 30.7 Å². The normalized spacial score (nSPS) is 18.1. The Morgan fingerprint density at radius 1 is 1.25 bits per heavy atom. The van der Waals surface area contributed by atoms with E-state index in [1.165, 1.54) is 11.3 Å². The number of ether oxygens (including phenoxy) is 2. The number of carbonyl (C=O) groups is 2. The summed E-state index contributed by atoms with van der Waals surface area (Å²) in [6.45, 7) is 1.96. The number of halogens is 1. The predicted molar refractivity (Wildman–Crippen MR) is 121 cm³/mol. The van der Waals surface area contributed by atoms with Crippen LogP contribution in [0.5, 0.6) is 5.75 Å². The molecule has 166 valence electrons. The summed E-state index contributed by atoms with van der Waals surface area (Å²) < 4.78 is 14.2. The van der Waals surface area contributed by atoms with Crippen molar-refractivity contribution in [3.8, 4) is 16.3 Å². The van der Waals surface area contributed by atoms with Crippen LogP contribution in [0.25, 0.3) is 10.6 Å². The van der Waals surface area contributed by atoms with Crippen molar-refractivity contribution in [3.63, 3.8) is 0 Å². The molecule has 1 saturated heterocycles. The molecule has 0 spiro atoms. The number of amides is 1. The summed E-state index contributed by atoms with van der Waals surface area (Å²) in [5.74, 6) is 0.890. The third-order valence-electron chi connectivity index (χ3n) is 5.72. The van der Waals surface area contributed by atoms with Crippen molar-refractivity contribution in [1.29, 1.82) is 0 Å². The number of fused-ring (bicyclic) bond motifs is 1. The van der Waals surface area contributed by atoms with Gasteiger partial charge in [0, 0.05) is 30.3 Å². The quantitative estimate of drug-likeness (QED) is 0.548. The van der Waals surface area contributed by atoms with Crippen molar-refractivity contribution in [2.75, 3.05) is 26.3 Å². The Morgan fingerprint density at radius 3 is 3.00 bits per heavy atom. The van der Waals surface area contributed by atoms with Crippen molar-refractivity contribution in [1.82, 2.24) is 14.7 Å². The van der Waals surface area contributed by atoms with Gasteiger partial charge in [0.2, 0.25) is 5.91 Å². The molecule has 9 heteroatoms. The Kier molecular flexibility index (Phi) is 5.99. The fourth-order valence-corrected chi connectivity index (χ4v) is 5.10. The maximum atomic E-state index is 12.8. The molecule has 1 fully saturated rings. The number of thiophene rings is 1. The second-order valence-corrected chi connectivity index (χ2v) is 9.57. The molecule has 2 aliphatic rings. The van der Waals surface area contributed by atoms with Gasteiger partial charge in [-0.25, -0.2) is 0 Å². The predicted octanol–water partition coefficient (Wildman–Crippen LogP) is 3.70. The number of aromatic nitrogens is 2. The van der Waals surface area contributed by atoms with Gasteiger partial charge < -0.3 is 14.4 Å². The van der Waals surface area contributed by atoms with E-state index in [2.05, 4.69) is 5.10 Å². The zero-order chi connectivity index (χ0) is 22.1. The Bertz CT molecular complexity index is 1160. The lowest BCUT2D eigenvalue weighted by Gasteiger charge is -2.33. The molecule has 1 atom stereocenters. The maximum absolute atomic E-state index is 12.8. The largest absolute Gasteiger partial charge is 0.491 e. The summed E-state index contributed by atoms with van der Waals surface area (Å²) >= 11 is 7.46. The van der Waals surface area contributed by atoms with Crippen LogP contribution in [-0.4, -0.2) is 58.8 Å². The lowest BCUT2D eigenvalue weighted by atomic mass is 10.1. The molecule has 0 radical (unpaired) electrons. The highest BCUT2D eigenvalue weighted by Crippen LogP contribution is 2.31. The van der Waals surface area contributed by atoms with E-state index in [4.69, 9.17) is 21.1 Å². The van der Waals surface area contributed by atoms with E-state index in [0.29, 0.717) is 43.5 Å². The molecule has 2 aromatic heterocycles. The average molecular weight is 472 g/mol. The van der Waals surface area contributed by atoms with E-state index in [1.807, 2.05) is 36.4 Å². The van der Waals surface area contributed by atoms with Gasteiger partial charge in [0.15, 0.2) is 5.78 Å². The first-order chi connectivity index (χ1) is 15.6. The maximum Gasteiger partial charge on any atom is 0.244 e. The van der Waals surface area contributed by atoms with Crippen LogP contribution in [0.4, 0.5) is 0 Å². The monoisotopic (exact) mass is 471 g/mol. The molecule has 5 rings (SSSR count). The minimum Gasteiger partial charge on any atom is -0.491 e. The van der Waals surface area contributed by atoms with E-state index in [0.717, 1.165) is 27.4 Å². The minimum absolute atomic E-state index is 0.0108. The van der Waals surface area contributed by atoms with Gasteiger partial charge in [-0.3, -0.25) is 14.3 Å². The highest BCUT2D eigenvalue weighted by Gasteiger charge is 2.27. The number of benzene rings is 1. The summed E-state index contributed by atoms with van der Waals surface area (Å²) in [5.41, 5.74) is 2.53. The first-order valence-electron chi connectivity index (χ1n) is 10.5. The van der Waals surface area contributed by atoms with E-state index >= 15 is 0 Å². The number of hydrogen-bond acceptors (Lipinski definition) is 6. The van der Waals surface area contributed by atoms with Crippen LogP contribution in [0.2, 0.25) is 4.34 Å². The van der Waals surface area contributed by atoms with Crippen LogP contribution < -0.4 is 4.74 Å². The van der Waals surface area contributed by atoms with Crippen LogP contribution in [0, 0.1) is 0 Å². The lowest BCUT2D eigenvalue weighted by Crippen LogP contribution is -2.48. The molecule has 1 aliphatic carbocycles. The number of Topliss-reactive ketones (excluding diaryl/α,β-unsaturated/α-hetero) is 1. The van der Waals surface area contributed by atoms with E-state index < -0.39 is 0 Å². The van der Waals surface area contributed by atoms with Gasteiger partial charge in [-0.1, -0.05) is 23.7 Å². The van der Waals surface area contributed by atoms with Gasteiger partial charge in [0.25, 0.3) is 0 Å². The van der Waals surface area contributed by atoms with Crippen molar-refractivity contribution >= 4 is 34.6 Å². The summed E-state index contributed by atoms with van der Waals surface area (Å²) in [6, 6.07) is 11.2. The van der Waals surface area contributed by atoms with Gasteiger partial charge >= 0.3 is 0 Å². The van der Waals surface area contributed by atoms with Gasteiger partial charge in [-0.2, -0.15) is 5.10 Å². The number of nitrogens with zero attached hydrogens (tertiary/aromatic N) is 3. The number of carbonyl (C=O) groups excluding carboxylic acids is 2. The molecule has 3 aromatic rings. The molecule has 32 heavy (non-hydrogen) atoms. The molecule has 3 heterocycles. The Hall–Kier alpha value is -2.68. The van der Waals surface area contributed by atoms with E-state index in [1.54, 1.807) is 15.8 Å². The lowest BCUT2D eigenvalue weighted by molar-refractivity contribution is -0.140. The molecule has 1 amide bonds. The molecule has 1 aromatic carbocycles. The molecule has 0 bridgehead atoms. The topological polar surface area (TPSA) is 73.7 Å². The van der Waals surface area contributed by atoms with Crippen molar-refractivity contribution in [2.45, 2.75) is 25.5 Å². The fraction of sp³-hybridized carbons (Fsp3) is 0.348. The number of ketones is 1. The zero-order valence-electron chi connectivity index (χ0n) is 17.3. The summed E-state index contributed by atoms with van der Waals surface area (Å²) in [5, 5.41) is 4.50. The van der Waals surface area contributed by atoms with Crippen LogP contribution >= 0.6 is 22.9 Å². The summed E-state index contributed by atoms with van der Waals surface area (Å²) in [7, 11) is 0. The molecule has 0 saturated carbocycles. The van der Waals surface area contributed by atoms with E-state index in [-0.39, 0.29) is 24.3 Å². The Balaban J connectivity index is 1.17. The third kappa shape index (κ3) is 4.44. The average Bonchev–Trinajstić information content (AvgIpc) is 3.53. The fourth-order valence-electron chi connectivity index (χ4n) is 4.09. The Labute approximate surface area is 194 Å². The Morgan fingerprint density at radius 2 is 2.16 bits per heavy atom. The number of morpholine rings is 1. The molecular formula is C23H22ClN3O4S. The first kappa shape index (κ1) is 21.2. The second-order valence-electron chi connectivity index (χ2n) is 7.85. The van der Waals surface area contributed by atoms with Crippen LogP contribution in [-0.2, 0) is 22.5 Å².